The molecule has 0 saturated heterocycles. The van der Waals surface area contributed by atoms with Gasteiger partial charge in [-0.3, -0.25) is 0 Å². The van der Waals surface area contributed by atoms with E-state index in [1.54, 1.807) is 0 Å². The third-order valence-electron chi connectivity index (χ3n) is 1.58. The molecular weight excluding hydrogens is 161 g/mol. The third-order valence-corrected chi connectivity index (χ3v) is 1.58. The molecule has 12 heavy (non-hydrogen) atoms. The Labute approximate surface area is 69.3 Å². The number of hydrogen-bond acceptors (Lipinski definition) is 3. The molecule has 1 aromatic carbocycles. The maximum Gasteiger partial charge on any atom is 0.124 e. The average Bonchev–Trinajstić information content (AvgIpc) is 2.03. The molecule has 1 unspecified atom stereocenters. The summed E-state index contributed by atoms with van der Waals surface area (Å²) in [7, 11) is 0. The van der Waals surface area contributed by atoms with Gasteiger partial charge in [0.2, 0.25) is 0 Å². The zero-order valence-corrected chi connectivity index (χ0v) is 6.37. The van der Waals surface area contributed by atoms with E-state index in [0.717, 1.165) is 6.07 Å². The molecule has 0 radical (unpaired) electrons. The zero-order chi connectivity index (χ0) is 9.14. The summed E-state index contributed by atoms with van der Waals surface area (Å²) in [6.45, 7) is -0.738. The lowest BCUT2D eigenvalue weighted by Gasteiger charge is -2.09. The number of halogens is 1. The lowest BCUT2D eigenvalue weighted by atomic mass is 10.1. The van der Waals surface area contributed by atoms with E-state index in [-0.39, 0.29) is 11.5 Å². The first kappa shape index (κ1) is 8.80. The molecule has 1 aromatic rings. The van der Waals surface area contributed by atoms with E-state index >= 15 is 0 Å². The highest BCUT2D eigenvalue weighted by molar-refractivity contribution is 5.40. The Bertz CT molecular complexity index is 278. The highest BCUT2D eigenvalue weighted by Crippen LogP contribution is 2.26. The van der Waals surface area contributed by atoms with Crippen molar-refractivity contribution in [3.63, 3.8) is 0 Å². The van der Waals surface area contributed by atoms with Gasteiger partial charge in [0.05, 0.1) is 6.04 Å². The molecular formula is C8H10FNO2. The molecule has 0 fully saturated rings. The fraction of sp³-hybridized carbons (Fsp3) is 0.250. The molecule has 3 nitrogen and oxygen atoms in total. The van der Waals surface area contributed by atoms with E-state index in [1.165, 1.54) is 12.1 Å². The van der Waals surface area contributed by atoms with Gasteiger partial charge in [-0.1, -0.05) is 0 Å². The molecule has 0 heterocycles. The monoisotopic (exact) mass is 171 g/mol. The van der Waals surface area contributed by atoms with Crippen molar-refractivity contribution in [1.29, 1.82) is 0 Å². The van der Waals surface area contributed by atoms with Crippen LogP contribution in [0.3, 0.4) is 0 Å². The van der Waals surface area contributed by atoms with Gasteiger partial charge in [-0.25, -0.2) is 4.39 Å². The summed E-state index contributed by atoms with van der Waals surface area (Å²) < 4.78 is 12.1. The quantitative estimate of drug-likeness (QED) is 0.623. The van der Waals surface area contributed by atoms with Crippen LogP contribution in [-0.4, -0.2) is 16.9 Å². The first-order valence-corrected chi connectivity index (χ1v) is 3.48. The summed E-state index contributed by atoms with van der Waals surface area (Å²) in [4.78, 5) is 0. The second kappa shape index (κ2) is 3.40. The molecule has 66 valence electrons. The van der Waals surface area contributed by atoms with Crippen molar-refractivity contribution in [3.05, 3.63) is 23.8 Å². The molecule has 1 atom stereocenters. The van der Waals surface area contributed by atoms with Crippen LogP contribution in [0.25, 0.3) is 0 Å². The number of alkyl halides is 1. The van der Waals surface area contributed by atoms with Crippen LogP contribution >= 0.6 is 0 Å². The Morgan fingerprint density at radius 3 is 2.58 bits per heavy atom. The number of nitrogens with two attached hydrogens (primary N) is 1. The van der Waals surface area contributed by atoms with Crippen molar-refractivity contribution in [2.24, 2.45) is 5.73 Å². The Kier molecular flexibility index (Phi) is 2.50. The zero-order valence-electron chi connectivity index (χ0n) is 6.37. The first-order chi connectivity index (χ1) is 5.65. The van der Waals surface area contributed by atoms with E-state index in [4.69, 9.17) is 10.8 Å². The van der Waals surface area contributed by atoms with Crippen LogP contribution in [0.15, 0.2) is 18.2 Å². The van der Waals surface area contributed by atoms with Gasteiger partial charge < -0.3 is 15.9 Å². The van der Waals surface area contributed by atoms with E-state index in [9.17, 15) is 9.50 Å². The van der Waals surface area contributed by atoms with E-state index in [0.29, 0.717) is 5.56 Å². The van der Waals surface area contributed by atoms with E-state index < -0.39 is 12.7 Å². The molecule has 0 aliphatic rings. The molecule has 0 aliphatic carbocycles. The van der Waals surface area contributed by atoms with E-state index in [2.05, 4.69) is 0 Å². The Morgan fingerprint density at radius 2 is 2.08 bits per heavy atom. The van der Waals surface area contributed by atoms with Gasteiger partial charge in [-0.05, 0) is 12.1 Å². The number of aromatic hydroxyl groups is 2. The van der Waals surface area contributed by atoms with Crippen LogP contribution in [0, 0.1) is 0 Å². The second-order valence-corrected chi connectivity index (χ2v) is 2.50. The summed E-state index contributed by atoms with van der Waals surface area (Å²) in [6.07, 6.45) is 0. The predicted molar refractivity (Wildman–Crippen MR) is 42.7 cm³/mol. The van der Waals surface area contributed by atoms with Gasteiger partial charge >= 0.3 is 0 Å². The van der Waals surface area contributed by atoms with Crippen molar-refractivity contribution in [2.45, 2.75) is 6.04 Å². The SMILES string of the molecule is NC(CF)c1ccc(O)cc1O. The van der Waals surface area contributed by atoms with Gasteiger partial charge in [-0.15, -0.1) is 0 Å². The standard InChI is InChI=1S/C8H10FNO2/c9-4-7(10)6-2-1-5(11)3-8(6)12/h1-3,7,11-12H,4,10H2. The molecule has 0 aliphatic heterocycles. The largest absolute Gasteiger partial charge is 0.508 e. The van der Waals surface area contributed by atoms with Crippen LogP contribution in [0.5, 0.6) is 11.5 Å². The molecule has 0 amide bonds. The minimum atomic E-state index is -0.828. The summed E-state index contributed by atoms with van der Waals surface area (Å²) in [6, 6.07) is 3.05. The normalized spacial score (nSPS) is 12.8. The van der Waals surface area contributed by atoms with Crippen LogP contribution in [0.2, 0.25) is 0 Å². The highest BCUT2D eigenvalue weighted by Gasteiger charge is 2.10. The topological polar surface area (TPSA) is 66.5 Å². The van der Waals surface area contributed by atoms with Crippen molar-refractivity contribution < 1.29 is 14.6 Å². The Hall–Kier alpha value is -1.29. The van der Waals surface area contributed by atoms with Gasteiger partial charge in [0.25, 0.3) is 0 Å². The Morgan fingerprint density at radius 1 is 1.42 bits per heavy atom. The minimum absolute atomic E-state index is 0.0673. The third kappa shape index (κ3) is 1.65. The van der Waals surface area contributed by atoms with Gasteiger partial charge in [-0.2, -0.15) is 0 Å². The highest BCUT2D eigenvalue weighted by atomic mass is 19.1. The summed E-state index contributed by atoms with van der Waals surface area (Å²) in [5, 5.41) is 18.1. The molecule has 0 aromatic heterocycles. The lowest BCUT2D eigenvalue weighted by Crippen LogP contribution is -2.11. The van der Waals surface area contributed by atoms with Crippen LogP contribution in [0.1, 0.15) is 11.6 Å². The maximum absolute atomic E-state index is 12.1. The van der Waals surface area contributed by atoms with Crippen molar-refractivity contribution in [2.75, 3.05) is 6.67 Å². The summed E-state index contributed by atoms with van der Waals surface area (Å²) >= 11 is 0. The first-order valence-electron chi connectivity index (χ1n) is 3.48. The number of hydrogen-bond donors (Lipinski definition) is 3. The number of phenolic OH excluding ortho intramolecular Hbond substituents is 2. The fourth-order valence-corrected chi connectivity index (χ4v) is 0.929. The smallest absolute Gasteiger partial charge is 0.124 e. The predicted octanol–water partition coefficient (Wildman–Crippen LogP) is 1.07. The average molecular weight is 171 g/mol. The van der Waals surface area contributed by atoms with Crippen LogP contribution in [-0.2, 0) is 0 Å². The van der Waals surface area contributed by atoms with Gasteiger partial charge in [0, 0.05) is 11.6 Å². The fourth-order valence-electron chi connectivity index (χ4n) is 0.929. The molecule has 4 N–H and O–H groups in total. The summed E-state index contributed by atoms with van der Waals surface area (Å²) in [5.74, 6) is -0.248. The number of benzene rings is 1. The number of phenols is 2. The van der Waals surface area contributed by atoms with Crippen molar-refractivity contribution in [1.82, 2.24) is 0 Å². The molecule has 4 heteroatoms. The van der Waals surface area contributed by atoms with Gasteiger partial charge in [0.1, 0.15) is 18.2 Å². The van der Waals surface area contributed by atoms with Crippen LogP contribution in [0.4, 0.5) is 4.39 Å². The molecule has 0 bridgehead atoms. The number of rotatable bonds is 2. The Balaban J connectivity index is 3.01. The molecule has 0 spiro atoms. The minimum Gasteiger partial charge on any atom is -0.508 e. The second-order valence-electron chi connectivity index (χ2n) is 2.50. The maximum atomic E-state index is 12.1. The molecule has 0 saturated carbocycles. The molecule has 1 rings (SSSR count). The van der Waals surface area contributed by atoms with Crippen molar-refractivity contribution >= 4 is 0 Å². The van der Waals surface area contributed by atoms with Crippen LogP contribution < -0.4 is 5.73 Å². The van der Waals surface area contributed by atoms with E-state index in [1.807, 2.05) is 0 Å². The lowest BCUT2D eigenvalue weighted by molar-refractivity contribution is 0.409. The van der Waals surface area contributed by atoms with Crippen molar-refractivity contribution in [3.8, 4) is 11.5 Å². The summed E-state index contributed by atoms with van der Waals surface area (Å²) in [5.41, 5.74) is 5.63. The van der Waals surface area contributed by atoms with Gasteiger partial charge in [0.15, 0.2) is 0 Å².